The number of carbonyl (C=O) groups excluding carboxylic acids is 1. The Hall–Kier alpha value is -1.26. The predicted molar refractivity (Wildman–Crippen MR) is 78.2 cm³/mol. The third-order valence-corrected chi connectivity index (χ3v) is 3.31. The Kier molecular flexibility index (Phi) is 6.12. The van der Waals surface area contributed by atoms with Crippen molar-refractivity contribution in [2.24, 2.45) is 0 Å². The van der Waals surface area contributed by atoms with Gasteiger partial charge < -0.3 is 15.4 Å². The highest BCUT2D eigenvalue weighted by Crippen LogP contribution is 2.13. The lowest BCUT2D eigenvalue weighted by Gasteiger charge is -2.28. The molecule has 0 bridgehead atoms. The van der Waals surface area contributed by atoms with Gasteiger partial charge in [-0.15, -0.1) is 12.4 Å². The van der Waals surface area contributed by atoms with E-state index in [0.29, 0.717) is 11.6 Å². The zero-order chi connectivity index (χ0) is 13.0. The van der Waals surface area contributed by atoms with Crippen molar-refractivity contribution in [1.29, 1.82) is 0 Å². The summed E-state index contributed by atoms with van der Waals surface area (Å²) in [6.07, 6.45) is 1.98. The number of methoxy groups -OCH3 is 1. The van der Waals surface area contributed by atoms with Crippen molar-refractivity contribution in [2.45, 2.75) is 31.8 Å². The first-order valence-corrected chi connectivity index (χ1v) is 6.37. The SMILES string of the molecule is COc1ccc(C(=O)NC2CCNC(C)C2)cc1.Cl. The molecule has 0 aliphatic carbocycles. The topological polar surface area (TPSA) is 50.4 Å². The fourth-order valence-electron chi connectivity index (χ4n) is 2.27. The van der Waals surface area contributed by atoms with Gasteiger partial charge in [0.25, 0.3) is 5.91 Å². The van der Waals surface area contributed by atoms with Gasteiger partial charge in [0.2, 0.25) is 0 Å². The monoisotopic (exact) mass is 284 g/mol. The smallest absolute Gasteiger partial charge is 0.251 e. The molecule has 4 nitrogen and oxygen atoms in total. The van der Waals surface area contributed by atoms with Crippen LogP contribution in [0.4, 0.5) is 0 Å². The number of ether oxygens (including phenoxy) is 1. The van der Waals surface area contributed by atoms with Crippen LogP contribution in [-0.4, -0.2) is 31.6 Å². The number of halogens is 1. The van der Waals surface area contributed by atoms with Gasteiger partial charge >= 0.3 is 0 Å². The molecule has 0 radical (unpaired) electrons. The van der Waals surface area contributed by atoms with E-state index in [1.54, 1.807) is 31.4 Å². The summed E-state index contributed by atoms with van der Waals surface area (Å²) in [6.45, 7) is 3.11. The molecule has 2 atom stereocenters. The van der Waals surface area contributed by atoms with E-state index in [4.69, 9.17) is 4.74 Å². The molecule has 1 aromatic rings. The first kappa shape index (κ1) is 15.8. The highest BCUT2D eigenvalue weighted by molar-refractivity contribution is 5.94. The van der Waals surface area contributed by atoms with Crippen LogP contribution in [0.3, 0.4) is 0 Å². The Labute approximate surface area is 120 Å². The number of benzene rings is 1. The third kappa shape index (κ3) is 4.40. The zero-order valence-corrected chi connectivity index (χ0v) is 12.1. The molecule has 1 aliphatic heterocycles. The standard InChI is InChI=1S/C14H20N2O2.ClH/c1-10-9-12(7-8-15-10)16-14(17)11-3-5-13(18-2)6-4-11;/h3-6,10,12,15H,7-9H2,1-2H3,(H,16,17);1H. The third-order valence-electron chi connectivity index (χ3n) is 3.31. The highest BCUT2D eigenvalue weighted by Gasteiger charge is 2.20. The average molecular weight is 285 g/mol. The quantitative estimate of drug-likeness (QED) is 0.892. The maximum Gasteiger partial charge on any atom is 0.251 e. The number of rotatable bonds is 3. The van der Waals surface area contributed by atoms with Gasteiger partial charge in [-0.05, 0) is 50.6 Å². The molecule has 5 heteroatoms. The van der Waals surface area contributed by atoms with Gasteiger partial charge in [0.1, 0.15) is 5.75 Å². The minimum Gasteiger partial charge on any atom is -0.497 e. The summed E-state index contributed by atoms with van der Waals surface area (Å²) in [4.78, 5) is 12.0. The number of hydrogen-bond donors (Lipinski definition) is 2. The summed E-state index contributed by atoms with van der Waals surface area (Å²) in [7, 11) is 1.62. The van der Waals surface area contributed by atoms with Crippen LogP contribution in [0.25, 0.3) is 0 Å². The molecule has 1 aliphatic rings. The van der Waals surface area contributed by atoms with E-state index in [1.165, 1.54) is 0 Å². The van der Waals surface area contributed by atoms with Crippen molar-refractivity contribution in [3.05, 3.63) is 29.8 Å². The molecule has 1 saturated heterocycles. The Balaban J connectivity index is 0.00000180. The summed E-state index contributed by atoms with van der Waals surface area (Å²) in [5.41, 5.74) is 0.682. The van der Waals surface area contributed by atoms with Crippen molar-refractivity contribution < 1.29 is 9.53 Å². The Morgan fingerprint density at radius 2 is 2.05 bits per heavy atom. The molecule has 0 aromatic heterocycles. The van der Waals surface area contributed by atoms with E-state index >= 15 is 0 Å². The fraction of sp³-hybridized carbons (Fsp3) is 0.500. The number of nitrogens with one attached hydrogen (secondary N) is 2. The molecule has 2 rings (SSSR count). The van der Waals surface area contributed by atoms with Crippen LogP contribution >= 0.6 is 12.4 Å². The van der Waals surface area contributed by atoms with Gasteiger partial charge in [-0.2, -0.15) is 0 Å². The van der Waals surface area contributed by atoms with Gasteiger partial charge in [0.15, 0.2) is 0 Å². The molecule has 1 heterocycles. The molecular formula is C14H21ClN2O2. The number of hydrogen-bond acceptors (Lipinski definition) is 3. The molecule has 106 valence electrons. The number of carbonyl (C=O) groups is 1. The zero-order valence-electron chi connectivity index (χ0n) is 11.3. The van der Waals surface area contributed by atoms with Gasteiger partial charge in [-0.25, -0.2) is 0 Å². The second kappa shape index (κ2) is 7.36. The molecule has 2 unspecified atom stereocenters. The van der Waals surface area contributed by atoms with E-state index in [2.05, 4.69) is 17.6 Å². The molecule has 0 spiro atoms. The molecule has 0 saturated carbocycles. The highest BCUT2D eigenvalue weighted by atomic mass is 35.5. The van der Waals surface area contributed by atoms with E-state index in [9.17, 15) is 4.79 Å². The lowest BCUT2D eigenvalue weighted by atomic mass is 10.0. The maximum absolute atomic E-state index is 12.0. The van der Waals surface area contributed by atoms with E-state index in [1.807, 2.05) is 0 Å². The van der Waals surface area contributed by atoms with Crippen molar-refractivity contribution in [3.63, 3.8) is 0 Å². The maximum atomic E-state index is 12.0. The molecule has 1 amide bonds. The Bertz CT molecular complexity index is 408. The van der Waals surface area contributed by atoms with Gasteiger partial charge in [0.05, 0.1) is 7.11 Å². The summed E-state index contributed by atoms with van der Waals surface area (Å²) in [6, 6.07) is 7.94. The normalized spacial score (nSPS) is 22.2. The minimum absolute atomic E-state index is 0. The van der Waals surface area contributed by atoms with Crippen molar-refractivity contribution in [3.8, 4) is 5.75 Å². The molecule has 19 heavy (non-hydrogen) atoms. The van der Waals surface area contributed by atoms with Gasteiger partial charge in [0, 0.05) is 17.6 Å². The van der Waals surface area contributed by atoms with Crippen LogP contribution in [0.2, 0.25) is 0 Å². The summed E-state index contributed by atoms with van der Waals surface area (Å²) in [5, 5.41) is 6.46. The second-order valence-corrected chi connectivity index (χ2v) is 4.78. The molecule has 1 aromatic carbocycles. The first-order chi connectivity index (χ1) is 8.69. The number of piperidine rings is 1. The van der Waals surface area contributed by atoms with E-state index in [0.717, 1.165) is 25.1 Å². The van der Waals surface area contributed by atoms with Crippen LogP contribution in [0.1, 0.15) is 30.1 Å². The molecular weight excluding hydrogens is 264 g/mol. The van der Waals surface area contributed by atoms with E-state index < -0.39 is 0 Å². The van der Waals surface area contributed by atoms with E-state index in [-0.39, 0.29) is 24.4 Å². The lowest BCUT2D eigenvalue weighted by Crippen LogP contribution is -2.46. The Morgan fingerprint density at radius 1 is 1.37 bits per heavy atom. The predicted octanol–water partition coefficient (Wildman–Crippen LogP) is 1.99. The first-order valence-electron chi connectivity index (χ1n) is 6.37. The van der Waals surface area contributed by atoms with Crippen LogP contribution in [-0.2, 0) is 0 Å². The van der Waals surface area contributed by atoms with Crippen molar-refractivity contribution in [2.75, 3.05) is 13.7 Å². The minimum atomic E-state index is -0.00301. The molecule has 2 N–H and O–H groups in total. The van der Waals surface area contributed by atoms with Crippen molar-refractivity contribution >= 4 is 18.3 Å². The van der Waals surface area contributed by atoms with Crippen LogP contribution in [0.15, 0.2) is 24.3 Å². The van der Waals surface area contributed by atoms with Gasteiger partial charge in [-0.3, -0.25) is 4.79 Å². The van der Waals surface area contributed by atoms with Crippen LogP contribution in [0.5, 0.6) is 5.75 Å². The summed E-state index contributed by atoms with van der Waals surface area (Å²) < 4.78 is 5.07. The van der Waals surface area contributed by atoms with Gasteiger partial charge in [-0.1, -0.05) is 0 Å². The largest absolute Gasteiger partial charge is 0.497 e. The summed E-state index contributed by atoms with van der Waals surface area (Å²) >= 11 is 0. The van der Waals surface area contributed by atoms with Crippen LogP contribution in [0, 0.1) is 0 Å². The lowest BCUT2D eigenvalue weighted by molar-refractivity contribution is 0.0925. The average Bonchev–Trinajstić information content (AvgIpc) is 2.39. The summed E-state index contributed by atoms with van der Waals surface area (Å²) in [5.74, 6) is 0.763. The van der Waals surface area contributed by atoms with Crippen LogP contribution < -0.4 is 15.4 Å². The Morgan fingerprint density at radius 3 is 2.63 bits per heavy atom. The van der Waals surface area contributed by atoms with Crippen molar-refractivity contribution in [1.82, 2.24) is 10.6 Å². The second-order valence-electron chi connectivity index (χ2n) is 4.78. The fourth-order valence-corrected chi connectivity index (χ4v) is 2.27. The molecule has 1 fully saturated rings. The number of amides is 1.